The van der Waals surface area contributed by atoms with E-state index in [0.717, 1.165) is 5.56 Å². The zero-order valence-corrected chi connectivity index (χ0v) is 14.1. The Morgan fingerprint density at radius 3 is 2.74 bits per heavy atom. The van der Waals surface area contributed by atoms with Crippen LogP contribution in [0.2, 0.25) is 0 Å². The molecule has 1 aliphatic heterocycles. The summed E-state index contributed by atoms with van der Waals surface area (Å²) < 4.78 is 37.2. The summed E-state index contributed by atoms with van der Waals surface area (Å²) in [6, 6.07) is 6.42. The summed E-state index contributed by atoms with van der Waals surface area (Å²) in [5, 5.41) is 4.27. The Hall–Kier alpha value is -1.70. The van der Waals surface area contributed by atoms with Gasteiger partial charge in [0.05, 0.1) is 25.1 Å². The van der Waals surface area contributed by atoms with Gasteiger partial charge in [-0.15, -0.1) is 0 Å². The van der Waals surface area contributed by atoms with Gasteiger partial charge in [-0.1, -0.05) is 16.5 Å². The average molecular weight is 335 g/mol. The minimum absolute atomic E-state index is 0.276. The Bertz CT molecular complexity index is 752. The van der Waals surface area contributed by atoms with Crippen LogP contribution in [0.25, 0.3) is 5.69 Å². The van der Waals surface area contributed by atoms with Gasteiger partial charge in [-0.05, 0) is 32.9 Å². The second kappa shape index (κ2) is 6.07. The molecule has 5 nitrogen and oxygen atoms in total. The summed E-state index contributed by atoms with van der Waals surface area (Å²) in [5.41, 5.74) is 2.42. The number of benzene rings is 1. The van der Waals surface area contributed by atoms with Crippen LogP contribution in [-0.4, -0.2) is 31.4 Å². The third-order valence-corrected chi connectivity index (χ3v) is 4.89. The number of nitrogens with zero attached hydrogens (tertiary/aromatic N) is 3. The average Bonchev–Trinajstić information content (AvgIpc) is 2.91. The van der Waals surface area contributed by atoms with Crippen molar-refractivity contribution in [2.24, 2.45) is 4.40 Å². The standard InChI is InChI=1S/C16H18FN3O2S/c1-16(2,3)23(21)19-13-9-22-10-15-11(13)8-18-20(15)14-7-5-4-6-12(14)17/h4-8H,9-10H2,1-3H3/t23-/m0/s1. The Morgan fingerprint density at radius 1 is 1.30 bits per heavy atom. The monoisotopic (exact) mass is 335 g/mol. The summed E-state index contributed by atoms with van der Waals surface area (Å²) >= 11 is -1.38. The number of rotatable bonds is 2. The second-order valence-electron chi connectivity index (χ2n) is 6.26. The van der Waals surface area contributed by atoms with E-state index in [-0.39, 0.29) is 12.4 Å². The highest BCUT2D eigenvalue weighted by Gasteiger charge is 2.30. The quantitative estimate of drug-likeness (QED) is 0.793. The van der Waals surface area contributed by atoms with Crippen LogP contribution in [-0.2, 0) is 22.7 Å². The van der Waals surface area contributed by atoms with Crippen LogP contribution in [0.3, 0.4) is 0 Å². The zero-order valence-electron chi connectivity index (χ0n) is 13.2. The van der Waals surface area contributed by atoms with Crippen molar-refractivity contribution in [1.29, 1.82) is 0 Å². The lowest BCUT2D eigenvalue weighted by Gasteiger charge is -2.21. The molecule has 2 heterocycles. The highest BCUT2D eigenvalue weighted by molar-refractivity contribution is 7.91. The topological polar surface area (TPSA) is 62.5 Å². The third-order valence-electron chi connectivity index (χ3n) is 3.45. The van der Waals surface area contributed by atoms with E-state index < -0.39 is 16.1 Å². The Morgan fingerprint density at radius 2 is 2.04 bits per heavy atom. The number of hydrogen-bond donors (Lipinski definition) is 0. The van der Waals surface area contributed by atoms with Crippen molar-refractivity contribution in [3.05, 3.63) is 47.5 Å². The fourth-order valence-corrected chi connectivity index (χ4v) is 2.84. The highest BCUT2D eigenvalue weighted by atomic mass is 32.2. The number of halogens is 1. The van der Waals surface area contributed by atoms with Crippen LogP contribution in [0.4, 0.5) is 4.39 Å². The van der Waals surface area contributed by atoms with Gasteiger partial charge in [0.2, 0.25) is 0 Å². The summed E-state index contributed by atoms with van der Waals surface area (Å²) in [7, 11) is 0. The molecule has 0 fully saturated rings. The minimum Gasteiger partial charge on any atom is -0.591 e. The molecule has 0 unspecified atom stereocenters. The molecule has 0 N–H and O–H groups in total. The predicted molar refractivity (Wildman–Crippen MR) is 87.6 cm³/mol. The van der Waals surface area contributed by atoms with Gasteiger partial charge in [-0.2, -0.15) is 5.10 Å². The molecular formula is C16H18FN3O2S. The summed E-state index contributed by atoms with van der Waals surface area (Å²) in [4.78, 5) is 0. The molecule has 122 valence electrons. The third kappa shape index (κ3) is 3.17. The first-order valence-electron chi connectivity index (χ1n) is 7.27. The summed E-state index contributed by atoms with van der Waals surface area (Å²) in [5.74, 6) is -0.360. The van der Waals surface area contributed by atoms with Gasteiger partial charge in [-0.25, -0.2) is 9.07 Å². The van der Waals surface area contributed by atoms with Crippen LogP contribution in [0.1, 0.15) is 32.0 Å². The molecule has 1 aromatic carbocycles. The Kier molecular flexibility index (Phi) is 4.27. The molecule has 0 spiro atoms. The van der Waals surface area contributed by atoms with E-state index in [1.807, 2.05) is 20.8 Å². The van der Waals surface area contributed by atoms with Crippen molar-refractivity contribution in [3.63, 3.8) is 0 Å². The Balaban J connectivity index is 2.03. The fraction of sp³-hybridized carbons (Fsp3) is 0.375. The van der Waals surface area contributed by atoms with Crippen molar-refractivity contribution in [2.75, 3.05) is 6.61 Å². The van der Waals surface area contributed by atoms with Crippen LogP contribution in [0.15, 0.2) is 34.9 Å². The highest BCUT2D eigenvalue weighted by Crippen LogP contribution is 2.24. The number of fused-ring (bicyclic) bond motifs is 1. The molecule has 0 amide bonds. The zero-order chi connectivity index (χ0) is 16.6. The SMILES string of the molecule is CC(C)(C)[S@+]([O-])N=C1COCc2c1cnn2-c1ccccc1F. The molecule has 1 aliphatic rings. The number of aromatic nitrogens is 2. The summed E-state index contributed by atoms with van der Waals surface area (Å²) in [6.45, 7) is 6.17. The van der Waals surface area contributed by atoms with Crippen molar-refractivity contribution in [3.8, 4) is 5.69 Å². The molecule has 7 heteroatoms. The Labute approximate surface area is 137 Å². The van der Waals surface area contributed by atoms with Crippen molar-refractivity contribution >= 4 is 17.1 Å². The fourth-order valence-electron chi connectivity index (χ4n) is 2.22. The maximum Gasteiger partial charge on any atom is 0.148 e. The molecule has 0 radical (unpaired) electrons. The van der Waals surface area contributed by atoms with Crippen LogP contribution < -0.4 is 0 Å². The second-order valence-corrected chi connectivity index (χ2v) is 8.17. The number of para-hydroxylation sites is 1. The van der Waals surface area contributed by atoms with Gasteiger partial charge in [-0.3, -0.25) is 0 Å². The van der Waals surface area contributed by atoms with Gasteiger partial charge in [0.15, 0.2) is 0 Å². The minimum atomic E-state index is -1.38. The largest absolute Gasteiger partial charge is 0.591 e. The molecule has 23 heavy (non-hydrogen) atoms. The van der Waals surface area contributed by atoms with Gasteiger partial charge >= 0.3 is 0 Å². The van der Waals surface area contributed by atoms with Crippen LogP contribution >= 0.6 is 0 Å². The van der Waals surface area contributed by atoms with Crippen molar-refractivity contribution in [2.45, 2.75) is 32.1 Å². The maximum absolute atomic E-state index is 14.0. The van der Waals surface area contributed by atoms with Gasteiger partial charge in [0, 0.05) is 5.56 Å². The lowest BCUT2D eigenvalue weighted by atomic mass is 10.1. The summed E-state index contributed by atoms with van der Waals surface area (Å²) in [6.07, 6.45) is 1.63. The first kappa shape index (κ1) is 16.2. The molecule has 0 aliphatic carbocycles. The molecule has 3 rings (SSSR count). The van der Waals surface area contributed by atoms with E-state index in [1.54, 1.807) is 24.4 Å². The van der Waals surface area contributed by atoms with E-state index in [0.29, 0.717) is 23.7 Å². The first-order valence-corrected chi connectivity index (χ1v) is 8.38. The molecule has 0 bridgehead atoms. The predicted octanol–water partition coefficient (Wildman–Crippen LogP) is 2.79. The maximum atomic E-state index is 14.0. The van der Waals surface area contributed by atoms with Gasteiger partial charge in [0.1, 0.15) is 33.3 Å². The number of hydrogen-bond acceptors (Lipinski definition) is 4. The van der Waals surface area contributed by atoms with Crippen LogP contribution in [0.5, 0.6) is 0 Å². The lowest BCUT2D eigenvalue weighted by molar-refractivity contribution is 0.147. The van der Waals surface area contributed by atoms with E-state index in [2.05, 4.69) is 9.50 Å². The van der Waals surface area contributed by atoms with Gasteiger partial charge in [0.25, 0.3) is 0 Å². The molecule has 0 saturated carbocycles. The first-order chi connectivity index (χ1) is 10.9. The van der Waals surface area contributed by atoms with Crippen molar-refractivity contribution in [1.82, 2.24) is 9.78 Å². The van der Waals surface area contributed by atoms with Crippen molar-refractivity contribution < 1.29 is 13.7 Å². The van der Waals surface area contributed by atoms with E-state index >= 15 is 0 Å². The molecule has 2 aromatic rings. The van der Waals surface area contributed by atoms with Crippen LogP contribution in [0, 0.1) is 5.82 Å². The molecule has 0 saturated heterocycles. The van der Waals surface area contributed by atoms with E-state index in [1.165, 1.54) is 10.7 Å². The van der Waals surface area contributed by atoms with E-state index in [9.17, 15) is 8.94 Å². The van der Waals surface area contributed by atoms with Gasteiger partial charge < -0.3 is 9.29 Å². The number of ether oxygens (including phenoxy) is 1. The normalized spacial score (nSPS) is 18.0. The molecular weight excluding hydrogens is 317 g/mol. The molecule has 1 aromatic heterocycles. The lowest BCUT2D eigenvalue weighted by Crippen LogP contribution is -2.29. The molecule has 1 atom stereocenters. The smallest absolute Gasteiger partial charge is 0.148 e. The van der Waals surface area contributed by atoms with E-state index in [4.69, 9.17) is 4.74 Å².